The van der Waals surface area contributed by atoms with Gasteiger partial charge in [0.25, 0.3) is 0 Å². The molecule has 1 aliphatic rings. The van der Waals surface area contributed by atoms with E-state index in [0.717, 1.165) is 30.8 Å². The summed E-state index contributed by atoms with van der Waals surface area (Å²) in [5.74, 6) is 0.975. The number of rotatable bonds is 4. The minimum atomic E-state index is 0.0561. The second-order valence-corrected chi connectivity index (χ2v) is 5.17. The maximum atomic E-state index is 12.0. The predicted molar refractivity (Wildman–Crippen MR) is 78.6 cm³/mol. The van der Waals surface area contributed by atoms with Crippen molar-refractivity contribution >= 4 is 5.91 Å². The average molecular weight is 277 g/mol. The Kier molecular flexibility index (Phi) is 4.98. The Morgan fingerprint density at radius 2 is 2.20 bits per heavy atom. The number of carbonyl (C=O) groups excluding carboxylic acids is 1. The Balaban J connectivity index is 2.20. The SMILES string of the molecule is COc1cccc(C(CN)N2CCCN(C)C(=O)C2)c1. The summed E-state index contributed by atoms with van der Waals surface area (Å²) in [7, 11) is 3.51. The van der Waals surface area contributed by atoms with Gasteiger partial charge in [-0.1, -0.05) is 12.1 Å². The van der Waals surface area contributed by atoms with Crippen LogP contribution in [0.4, 0.5) is 0 Å². The first-order valence-corrected chi connectivity index (χ1v) is 6.97. The molecule has 1 amide bonds. The van der Waals surface area contributed by atoms with Crippen LogP contribution >= 0.6 is 0 Å². The second kappa shape index (κ2) is 6.72. The number of nitrogens with zero attached hydrogens (tertiary/aromatic N) is 2. The molecule has 20 heavy (non-hydrogen) atoms. The number of ether oxygens (including phenoxy) is 1. The van der Waals surface area contributed by atoms with E-state index in [-0.39, 0.29) is 11.9 Å². The van der Waals surface area contributed by atoms with E-state index in [1.165, 1.54) is 0 Å². The largest absolute Gasteiger partial charge is 0.497 e. The number of likely N-dealkylation sites (N-methyl/N-ethyl adjacent to an activating group) is 1. The summed E-state index contributed by atoms with van der Waals surface area (Å²) in [6.07, 6.45) is 0.975. The summed E-state index contributed by atoms with van der Waals surface area (Å²) in [4.78, 5) is 16.0. The predicted octanol–water partition coefficient (Wildman–Crippen LogP) is 0.859. The Morgan fingerprint density at radius 3 is 2.90 bits per heavy atom. The minimum Gasteiger partial charge on any atom is -0.497 e. The number of benzene rings is 1. The van der Waals surface area contributed by atoms with Gasteiger partial charge in [0.1, 0.15) is 5.75 Å². The number of hydrogen-bond acceptors (Lipinski definition) is 4. The van der Waals surface area contributed by atoms with Crippen LogP contribution in [-0.4, -0.2) is 56.0 Å². The van der Waals surface area contributed by atoms with Gasteiger partial charge in [0.05, 0.1) is 13.7 Å². The van der Waals surface area contributed by atoms with Crippen molar-refractivity contribution in [1.82, 2.24) is 9.80 Å². The number of amides is 1. The Bertz CT molecular complexity index is 464. The summed E-state index contributed by atoms with van der Waals surface area (Å²) in [6, 6.07) is 7.97. The zero-order valence-corrected chi connectivity index (χ0v) is 12.2. The highest BCUT2D eigenvalue weighted by atomic mass is 16.5. The summed E-state index contributed by atoms with van der Waals surface area (Å²) >= 11 is 0. The molecule has 0 aromatic heterocycles. The van der Waals surface area contributed by atoms with E-state index in [1.807, 2.05) is 31.3 Å². The lowest BCUT2D eigenvalue weighted by molar-refractivity contribution is -0.130. The molecule has 2 N–H and O–H groups in total. The van der Waals surface area contributed by atoms with Crippen LogP contribution in [0.3, 0.4) is 0 Å². The molecule has 1 aromatic carbocycles. The van der Waals surface area contributed by atoms with Crippen LogP contribution in [0.5, 0.6) is 5.75 Å². The van der Waals surface area contributed by atoms with Crippen molar-refractivity contribution < 1.29 is 9.53 Å². The van der Waals surface area contributed by atoms with E-state index in [9.17, 15) is 4.79 Å². The topological polar surface area (TPSA) is 58.8 Å². The van der Waals surface area contributed by atoms with Crippen LogP contribution in [0.15, 0.2) is 24.3 Å². The molecule has 110 valence electrons. The van der Waals surface area contributed by atoms with Gasteiger partial charge in [0.2, 0.25) is 5.91 Å². The van der Waals surface area contributed by atoms with Gasteiger partial charge in [-0.3, -0.25) is 9.69 Å². The van der Waals surface area contributed by atoms with Crippen LogP contribution in [0.1, 0.15) is 18.0 Å². The maximum absolute atomic E-state index is 12.0. The van der Waals surface area contributed by atoms with E-state index < -0.39 is 0 Å². The number of carbonyl (C=O) groups is 1. The Hall–Kier alpha value is -1.59. The van der Waals surface area contributed by atoms with Crippen LogP contribution in [-0.2, 0) is 4.79 Å². The Morgan fingerprint density at radius 1 is 1.40 bits per heavy atom. The first-order chi connectivity index (χ1) is 9.65. The average Bonchev–Trinajstić information content (AvgIpc) is 2.62. The van der Waals surface area contributed by atoms with Gasteiger partial charge in [-0.15, -0.1) is 0 Å². The van der Waals surface area contributed by atoms with E-state index in [1.54, 1.807) is 12.0 Å². The molecule has 0 bridgehead atoms. The third kappa shape index (κ3) is 3.29. The monoisotopic (exact) mass is 277 g/mol. The summed E-state index contributed by atoms with van der Waals surface area (Å²) < 4.78 is 5.27. The molecule has 1 fully saturated rings. The fraction of sp³-hybridized carbons (Fsp3) is 0.533. The van der Waals surface area contributed by atoms with Gasteiger partial charge in [0, 0.05) is 32.7 Å². The quantitative estimate of drug-likeness (QED) is 0.887. The molecule has 5 heteroatoms. The van der Waals surface area contributed by atoms with Gasteiger partial charge < -0.3 is 15.4 Å². The zero-order valence-electron chi connectivity index (χ0n) is 12.2. The lowest BCUT2D eigenvalue weighted by atomic mass is 10.0. The zero-order chi connectivity index (χ0) is 14.5. The lowest BCUT2D eigenvalue weighted by Crippen LogP contribution is -2.39. The smallest absolute Gasteiger partial charge is 0.236 e. The third-order valence-electron chi connectivity index (χ3n) is 3.85. The standard InChI is InChI=1S/C15H23N3O2/c1-17-7-4-8-18(11-15(17)19)14(10-16)12-5-3-6-13(9-12)20-2/h3,5-6,9,14H,4,7-8,10-11,16H2,1-2H3. The van der Waals surface area contributed by atoms with Gasteiger partial charge in [-0.25, -0.2) is 0 Å². The highest BCUT2D eigenvalue weighted by molar-refractivity contribution is 5.78. The van der Waals surface area contributed by atoms with Crippen molar-refractivity contribution in [3.05, 3.63) is 29.8 Å². The van der Waals surface area contributed by atoms with Gasteiger partial charge >= 0.3 is 0 Å². The number of nitrogens with two attached hydrogens (primary N) is 1. The summed E-state index contributed by atoms with van der Waals surface area (Å²) in [5, 5.41) is 0. The molecule has 1 saturated heterocycles. The van der Waals surface area contributed by atoms with Crippen molar-refractivity contribution in [2.24, 2.45) is 5.73 Å². The van der Waals surface area contributed by atoms with E-state index >= 15 is 0 Å². The lowest BCUT2D eigenvalue weighted by Gasteiger charge is -2.29. The Labute approximate surface area is 120 Å². The molecule has 2 rings (SSSR count). The normalized spacial score (nSPS) is 18.8. The van der Waals surface area contributed by atoms with E-state index in [0.29, 0.717) is 13.1 Å². The van der Waals surface area contributed by atoms with E-state index in [4.69, 9.17) is 10.5 Å². The maximum Gasteiger partial charge on any atom is 0.236 e. The van der Waals surface area contributed by atoms with Crippen molar-refractivity contribution in [2.45, 2.75) is 12.5 Å². The molecule has 0 spiro atoms. The fourth-order valence-corrected chi connectivity index (χ4v) is 2.62. The molecule has 1 heterocycles. The van der Waals surface area contributed by atoms with Crippen molar-refractivity contribution in [1.29, 1.82) is 0 Å². The first-order valence-electron chi connectivity index (χ1n) is 6.97. The van der Waals surface area contributed by atoms with Crippen LogP contribution in [0.25, 0.3) is 0 Å². The summed E-state index contributed by atoms with van der Waals surface area (Å²) in [5.41, 5.74) is 7.05. The van der Waals surface area contributed by atoms with Gasteiger partial charge in [-0.05, 0) is 24.1 Å². The number of hydrogen-bond donors (Lipinski definition) is 1. The van der Waals surface area contributed by atoms with Crippen LogP contribution < -0.4 is 10.5 Å². The molecular weight excluding hydrogens is 254 g/mol. The van der Waals surface area contributed by atoms with E-state index in [2.05, 4.69) is 4.90 Å². The van der Waals surface area contributed by atoms with Crippen LogP contribution in [0.2, 0.25) is 0 Å². The molecule has 5 nitrogen and oxygen atoms in total. The van der Waals surface area contributed by atoms with Gasteiger partial charge in [0.15, 0.2) is 0 Å². The van der Waals surface area contributed by atoms with Crippen molar-refractivity contribution in [2.75, 3.05) is 40.3 Å². The highest BCUT2D eigenvalue weighted by Crippen LogP contribution is 2.24. The van der Waals surface area contributed by atoms with Crippen molar-refractivity contribution in [3.8, 4) is 5.75 Å². The molecule has 0 aliphatic carbocycles. The molecule has 0 saturated carbocycles. The summed E-state index contributed by atoms with van der Waals surface area (Å²) in [6.45, 7) is 2.61. The molecule has 1 aliphatic heterocycles. The highest BCUT2D eigenvalue weighted by Gasteiger charge is 2.25. The molecule has 1 aromatic rings. The van der Waals surface area contributed by atoms with Crippen LogP contribution in [0, 0.1) is 0 Å². The molecule has 0 radical (unpaired) electrons. The first kappa shape index (κ1) is 14.8. The number of methoxy groups -OCH3 is 1. The molecule has 1 atom stereocenters. The molecule has 1 unspecified atom stereocenters. The van der Waals surface area contributed by atoms with Gasteiger partial charge in [-0.2, -0.15) is 0 Å². The fourth-order valence-electron chi connectivity index (χ4n) is 2.62. The third-order valence-corrected chi connectivity index (χ3v) is 3.85. The molecular formula is C15H23N3O2. The van der Waals surface area contributed by atoms with Crippen molar-refractivity contribution in [3.63, 3.8) is 0 Å². The second-order valence-electron chi connectivity index (χ2n) is 5.17. The minimum absolute atomic E-state index is 0.0561.